The van der Waals surface area contributed by atoms with Gasteiger partial charge in [0.15, 0.2) is 0 Å². The molecule has 0 saturated carbocycles. The molecule has 1 saturated heterocycles. The monoisotopic (exact) mass is 210 g/mol. The minimum atomic E-state index is -0.349. The lowest BCUT2D eigenvalue weighted by Gasteiger charge is -2.23. The molecule has 1 atom stereocenters. The number of aromatic nitrogens is 1. The summed E-state index contributed by atoms with van der Waals surface area (Å²) in [6.45, 7) is 2.58. The molecular weight excluding hydrogens is 195 g/mol. The number of nitrogens with zero attached hydrogens (tertiary/aromatic N) is 1. The lowest BCUT2D eigenvalue weighted by atomic mass is 10.00. The van der Waals surface area contributed by atoms with E-state index in [-0.39, 0.29) is 11.4 Å². The molecule has 1 aromatic heterocycles. The summed E-state index contributed by atoms with van der Waals surface area (Å²) in [4.78, 5) is 11.4. The van der Waals surface area contributed by atoms with Crippen molar-refractivity contribution in [3.05, 3.63) is 34.5 Å². The predicted octanol–water partition coefficient (Wildman–Crippen LogP) is 0.987. The first-order valence-electron chi connectivity index (χ1n) is 5.32. The average Bonchev–Trinajstić information content (AvgIpc) is 2.25. The molecule has 0 aliphatic carbocycles. The highest BCUT2D eigenvalue weighted by atomic mass is 19.1. The van der Waals surface area contributed by atoms with E-state index in [0.717, 1.165) is 25.9 Å². The third kappa shape index (κ3) is 2.65. The number of nitrogens with one attached hydrogen (secondary N) is 1. The van der Waals surface area contributed by atoms with Crippen LogP contribution in [0.25, 0.3) is 0 Å². The number of rotatable bonds is 2. The Kier molecular flexibility index (Phi) is 3.16. The molecular formula is C11H15FN2O. The highest BCUT2D eigenvalue weighted by Crippen LogP contribution is 2.11. The quantitative estimate of drug-likeness (QED) is 0.789. The van der Waals surface area contributed by atoms with Crippen molar-refractivity contribution in [2.45, 2.75) is 19.4 Å². The Bertz CT molecular complexity index is 382. The summed E-state index contributed by atoms with van der Waals surface area (Å²) >= 11 is 0. The third-order valence-corrected chi connectivity index (χ3v) is 2.80. The lowest BCUT2D eigenvalue weighted by molar-refractivity contribution is 0.332. The SMILES string of the molecule is O=c1ccc(F)cn1CC1CCCNC1. The summed E-state index contributed by atoms with van der Waals surface area (Å²) in [5.74, 6) is 0.0941. The van der Waals surface area contributed by atoms with E-state index in [1.165, 1.54) is 22.9 Å². The Morgan fingerprint density at radius 2 is 2.40 bits per heavy atom. The van der Waals surface area contributed by atoms with Crippen LogP contribution >= 0.6 is 0 Å². The zero-order valence-corrected chi connectivity index (χ0v) is 8.58. The van der Waals surface area contributed by atoms with Gasteiger partial charge in [-0.1, -0.05) is 0 Å². The zero-order chi connectivity index (χ0) is 10.7. The van der Waals surface area contributed by atoms with Gasteiger partial charge < -0.3 is 9.88 Å². The fourth-order valence-electron chi connectivity index (χ4n) is 2.00. The van der Waals surface area contributed by atoms with E-state index in [1.54, 1.807) is 0 Å². The van der Waals surface area contributed by atoms with E-state index in [4.69, 9.17) is 0 Å². The largest absolute Gasteiger partial charge is 0.316 e. The topological polar surface area (TPSA) is 34.0 Å². The fraction of sp³-hybridized carbons (Fsp3) is 0.545. The Morgan fingerprint density at radius 1 is 1.53 bits per heavy atom. The van der Waals surface area contributed by atoms with Crippen molar-refractivity contribution in [2.75, 3.05) is 13.1 Å². The van der Waals surface area contributed by atoms with E-state index in [9.17, 15) is 9.18 Å². The van der Waals surface area contributed by atoms with E-state index >= 15 is 0 Å². The Hall–Kier alpha value is -1.16. The maximum atomic E-state index is 12.9. The van der Waals surface area contributed by atoms with Gasteiger partial charge in [0, 0.05) is 18.8 Å². The van der Waals surface area contributed by atoms with Gasteiger partial charge in [-0.3, -0.25) is 4.79 Å². The Morgan fingerprint density at radius 3 is 3.13 bits per heavy atom. The average molecular weight is 210 g/mol. The van der Waals surface area contributed by atoms with Crippen LogP contribution in [0.1, 0.15) is 12.8 Å². The minimum Gasteiger partial charge on any atom is -0.316 e. The molecule has 82 valence electrons. The van der Waals surface area contributed by atoms with Crippen LogP contribution in [0, 0.1) is 11.7 Å². The molecule has 2 heterocycles. The first-order valence-corrected chi connectivity index (χ1v) is 5.32. The molecule has 1 unspecified atom stereocenters. The normalized spacial score (nSPS) is 21.5. The summed E-state index contributed by atoms with van der Waals surface area (Å²) in [5, 5.41) is 3.28. The van der Waals surface area contributed by atoms with Crippen molar-refractivity contribution >= 4 is 0 Å². The number of hydrogen-bond acceptors (Lipinski definition) is 2. The standard InChI is InChI=1S/C11H15FN2O/c12-10-3-4-11(15)14(8-10)7-9-2-1-5-13-6-9/h3-4,8-9,13H,1-2,5-7H2. The van der Waals surface area contributed by atoms with Gasteiger partial charge in [0.25, 0.3) is 5.56 Å². The number of piperidine rings is 1. The molecule has 2 rings (SSSR count). The van der Waals surface area contributed by atoms with Gasteiger partial charge in [0.1, 0.15) is 5.82 Å². The Labute approximate surface area is 87.9 Å². The molecule has 0 aromatic carbocycles. The second-order valence-corrected chi connectivity index (χ2v) is 4.05. The van der Waals surface area contributed by atoms with Crippen molar-refractivity contribution in [2.24, 2.45) is 5.92 Å². The highest BCUT2D eigenvalue weighted by Gasteiger charge is 2.13. The van der Waals surface area contributed by atoms with Crippen LogP contribution in [-0.2, 0) is 6.54 Å². The van der Waals surface area contributed by atoms with Crippen LogP contribution < -0.4 is 10.9 Å². The van der Waals surface area contributed by atoms with Crippen LogP contribution in [0.2, 0.25) is 0 Å². The smallest absolute Gasteiger partial charge is 0.250 e. The van der Waals surface area contributed by atoms with Crippen molar-refractivity contribution in [3.63, 3.8) is 0 Å². The number of halogens is 1. The summed E-state index contributed by atoms with van der Waals surface area (Å²) in [6.07, 6.45) is 3.53. The molecule has 0 amide bonds. The van der Waals surface area contributed by atoms with Crippen molar-refractivity contribution in [1.29, 1.82) is 0 Å². The lowest BCUT2D eigenvalue weighted by Crippen LogP contribution is -2.34. The molecule has 1 aliphatic rings. The summed E-state index contributed by atoms with van der Waals surface area (Å²) < 4.78 is 14.4. The van der Waals surface area contributed by atoms with Crippen LogP contribution in [0.15, 0.2) is 23.1 Å². The molecule has 15 heavy (non-hydrogen) atoms. The molecule has 0 radical (unpaired) electrons. The first-order chi connectivity index (χ1) is 7.25. The van der Waals surface area contributed by atoms with E-state index < -0.39 is 0 Å². The van der Waals surface area contributed by atoms with E-state index in [2.05, 4.69) is 5.32 Å². The second-order valence-electron chi connectivity index (χ2n) is 4.05. The molecule has 1 aliphatic heterocycles. The molecule has 3 nitrogen and oxygen atoms in total. The highest BCUT2D eigenvalue weighted by molar-refractivity contribution is 4.96. The Balaban J connectivity index is 2.09. The van der Waals surface area contributed by atoms with E-state index in [0.29, 0.717) is 12.5 Å². The van der Waals surface area contributed by atoms with Gasteiger partial charge in [0.2, 0.25) is 0 Å². The van der Waals surface area contributed by atoms with Gasteiger partial charge in [0.05, 0.1) is 0 Å². The van der Waals surface area contributed by atoms with Gasteiger partial charge in [-0.15, -0.1) is 0 Å². The van der Waals surface area contributed by atoms with Gasteiger partial charge in [-0.25, -0.2) is 4.39 Å². The zero-order valence-electron chi connectivity index (χ0n) is 8.58. The second kappa shape index (κ2) is 4.57. The number of pyridine rings is 1. The van der Waals surface area contributed by atoms with Crippen LogP contribution in [0.4, 0.5) is 4.39 Å². The van der Waals surface area contributed by atoms with Gasteiger partial charge in [-0.2, -0.15) is 0 Å². The fourth-order valence-corrected chi connectivity index (χ4v) is 2.00. The molecule has 1 N–H and O–H groups in total. The summed E-state index contributed by atoms with van der Waals surface area (Å²) in [6, 6.07) is 2.49. The predicted molar refractivity (Wildman–Crippen MR) is 56.3 cm³/mol. The molecule has 0 bridgehead atoms. The molecule has 1 aromatic rings. The van der Waals surface area contributed by atoms with Crippen LogP contribution in [0.3, 0.4) is 0 Å². The molecule has 4 heteroatoms. The van der Waals surface area contributed by atoms with Crippen molar-refractivity contribution < 1.29 is 4.39 Å². The third-order valence-electron chi connectivity index (χ3n) is 2.80. The number of hydrogen-bond donors (Lipinski definition) is 1. The van der Waals surface area contributed by atoms with E-state index in [1.807, 2.05) is 0 Å². The first kappa shape index (κ1) is 10.4. The van der Waals surface area contributed by atoms with Gasteiger partial charge >= 0.3 is 0 Å². The molecule has 0 spiro atoms. The minimum absolute atomic E-state index is 0.123. The van der Waals surface area contributed by atoms with Crippen molar-refractivity contribution in [3.8, 4) is 0 Å². The van der Waals surface area contributed by atoms with Crippen molar-refractivity contribution in [1.82, 2.24) is 9.88 Å². The summed E-state index contributed by atoms with van der Waals surface area (Å²) in [5.41, 5.74) is -0.123. The van der Waals surface area contributed by atoms with Crippen LogP contribution in [0.5, 0.6) is 0 Å². The maximum absolute atomic E-state index is 12.9. The molecule has 1 fully saturated rings. The maximum Gasteiger partial charge on any atom is 0.250 e. The van der Waals surface area contributed by atoms with Crippen LogP contribution in [-0.4, -0.2) is 17.7 Å². The summed E-state index contributed by atoms with van der Waals surface area (Å²) in [7, 11) is 0. The van der Waals surface area contributed by atoms with Gasteiger partial charge in [-0.05, 0) is 37.9 Å².